The Kier molecular flexibility index (Phi) is 10.3. The maximum Gasteiger partial charge on any atom is 0.293 e. The van der Waals surface area contributed by atoms with Gasteiger partial charge in [-0.05, 0) is 169 Å². The van der Waals surface area contributed by atoms with E-state index in [1.807, 2.05) is 0 Å². The summed E-state index contributed by atoms with van der Waals surface area (Å²) in [5.74, 6) is 0.224. The van der Waals surface area contributed by atoms with Gasteiger partial charge in [0.15, 0.2) is 0 Å². The molecule has 0 saturated heterocycles. The lowest BCUT2D eigenvalue weighted by atomic mass is 9.32. The van der Waals surface area contributed by atoms with Crippen molar-refractivity contribution in [1.29, 1.82) is 0 Å². The summed E-state index contributed by atoms with van der Waals surface area (Å²) in [6, 6.07) is 55.1. The highest BCUT2D eigenvalue weighted by Gasteiger charge is 2.64. The van der Waals surface area contributed by atoms with Crippen LogP contribution in [0.1, 0.15) is 186 Å². The second kappa shape index (κ2) is 16.2. The zero-order valence-electron chi connectivity index (χ0n) is 48.4. The van der Waals surface area contributed by atoms with Crippen molar-refractivity contribution in [3.05, 3.63) is 178 Å². The van der Waals surface area contributed by atoms with Crippen molar-refractivity contribution in [2.24, 2.45) is 5.41 Å². The smallest absolute Gasteiger partial charge is 0.293 e. The molecule has 14 rings (SSSR count). The molecular formula is C73H79BN2O. The quantitative estimate of drug-likeness (QED) is 0.164. The zero-order valence-corrected chi connectivity index (χ0v) is 48.4. The van der Waals surface area contributed by atoms with Crippen LogP contribution in [0.5, 0.6) is 0 Å². The minimum Gasteiger partial charge on any atom is -0.468 e. The molecular weight excluding hydrogens is 932 g/mol. The summed E-state index contributed by atoms with van der Waals surface area (Å²) in [5, 5.41) is 1.19. The van der Waals surface area contributed by atoms with Crippen LogP contribution in [0.25, 0.3) is 33.2 Å². The number of fused-ring (bicyclic) bond motifs is 12. The number of anilines is 5. The van der Waals surface area contributed by atoms with E-state index < -0.39 is 0 Å². The van der Waals surface area contributed by atoms with Gasteiger partial charge in [0.2, 0.25) is 0 Å². The lowest BCUT2D eigenvalue weighted by Gasteiger charge is -2.52. The molecule has 7 aromatic carbocycles. The normalized spacial score (nSPS) is 25.1. The summed E-state index contributed by atoms with van der Waals surface area (Å²) in [6.07, 6.45) is 9.73. The van der Waals surface area contributed by atoms with Crippen molar-refractivity contribution in [3.8, 4) is 22.3 Å². The highest BCUT2D eigenvalue weighted by molar-refractivity contribution is 6.98. The van der Waals surface area contributed by atoms with Crippen LogP contribution in [0.15, 0.2) is 144 Å². The van der Waals surface area contributed by atoms with Crippen LogP contribution in [0.3, 0.4) is 0 Å². The largest absolute Gasteiger partial charge is 0.468 e. The number of nitrogens with zero attached hydrogens (tertiary/aromatic N) is 2. The number of rotatable bonds is 4. The fraction of sp³-hybridized carbons (Fsp3) is 0.397. The highest BCUT2D eigenvalue weighted by atomic mass is 16.3. The summed E-state index contributed by atoms with van der Waals surface area (Å²) in [6.45, 7) is 31.9. The van der Waals surface area contributed by atoms with Crippen molar-refractivity contribution in [2.75, 3.05) is 9.80 Å². The van der Waals surface area contributed by atoms with E-state index in [9.17, 15) is 0 Å². The summed E-state index contributed by atoms with van der Waals surface area (Å²) >= 11 is 0. The lowest BCUT2D eigenvalue weighted by Crippen LogP contribution is -2.62. The van der Waals surface area contributed by atoms with Crippen molar-refractivity contribution in [1.82, 2.24) is 0 Å². The molecule has 4 heterocycles. The van der Waals surface area contributed by atoms with Crippen LogP contribution in [0.2, 0.25) is 0 Å². The zero-order chi connectivity index (χ0) is 53.6. The van der Waals surface area contributed by atoms with Crippen LogP contribution in [0, 0.1) is 5.41 Å². The van der Waals surface area contributed by atoms with Gasteiger partial charge in [0, 0.05) is 39.3 Å². The van der Waals surface area contributed by atoms with Crippen molar-refractivity contribution < 1.29 is 4.42 Å². The summed E-state index contributed by atoms with van der Waals surface area (Å²) < 4.78 is 7.70. The van der Waals surface area contributed by atoms with Crippen molar-refractivity contribution >= 4 is 62.7 Å². The Hall–Kier alpha value is -6.26. The minimum absolute atomic E-state index is 0.0110. The Morgan fingerprint density at radius 1 is 0.519 bits per heavy atom. The molecule has 6 aliphatic rings. The van der Waals surface area contributed by atoms with Gasteiger partial charge in [-0.2, -0.15) is 0 Å². The molecule has 390 valence electrons. The second-order valence-electron chi connectivity index (χ2n) is 28.8. The van der Waals surface area contributed by atoms with Gasteiger partial charge < -0.3 is 14.2 Å². The highest BCUT2D eigenvalue weighted by Crippen LogP contribution is 2.69. The number of hydrogen-bond donors (Lipinski definition) is 0. The van der Waals surface area contributed by atoms with Crippen LogP contribution in [0.4, 0.5) is 28.4 Å². The van der Waals surface area contributed by atoms with Gasteiger partial charge in [-0.3, -0.25) is 0 Å². The molecule has 77 heavy (non-hydrogen) atoms. The molecule has 0 N–H and O–H groups in total. The van der Waals surface area contributed by atoms with E-state index in [0.29, 0.717) is 0 Å². The van der Waals surface area contributed by atoms with Gasteiger partial charge in [-0.25, -0.2) is 0 Å². The molecule has 0 spiro atoms. The average Bonchev–Trinajstić information content (AvgIpc) is 3.56. The lowest BCUT2D eigenvalue weighted by molar-refractivity contribution is 0.0925. The topological polar surface area (TPSA) is 19.6 Å². The third kappa shape index (κ3) is 6.69. The SMILES string of the molecule is CC(C)(C)c1ccc(N2c3cc(N4c5ccc(-c6ccccc6)cc5C5(C)CCCCC45C)cc4c3B(c3cc(C(C)(C)C)cc5c3C4C3(C)CCCCC53C)c3oc4ccc(C(C)(C)C)cc4c32)c(-c2ccccc2)c1. The van der Waals surface area contributed by atoms with E-state index in [2.05, 4.69) is 239 Å². The maximum absolute atomic E-state index is 7.70. The summed E-state index contributed by atoms with van der Waals surface area (Å²) in [4.78, 5) is 5.62. The van der Waals surface area contributed by atoms with Crippen LogP contribution >= 0.6 is 0 Å². The molecule has 4 heteroatoms. The molecule has 5 unspecified atom stereocenters. The van der Waals surface area contributed by atoms with E-state index in [1.165, 1.54) is 140 Å². The number of hydrogen-bond acceptors (Lipinski definition) is 3. The van der Waals surface area contributed by atoms with Crippen LogP contribution in [-0.4, -0.2) is 12.3 Å². The van der Waals surface area contributed by atoms with E-state index in [0.717, 1.165) is 17.7 Å². The van der Waals surface area contributed by atoms with Gasteiger partial charge in [-0.15, -0.1) is 0 Å². The Morgan fingerprint density at radius 3 is 1.84 bits per heavy atom. The molecule has 3 aliphatic carbocycles. The first-order valence-electron chi connectivity index (χ1n) is 29.5. The molecule has 5 atom stereocenters. The van der Waals surface area contributed by atoms with E-state index in [4.69, 9.17) is 4.42 Å². The second-order valence-corrected chi connectivity index (χ2v) is 28.8. The fourth-order valence-corrected chi connectivity index (χ4v) is 16.7. The number of furan rings is 1. The van der Waals surface area contributed by atoms with E-state index >= 15 is 0 Å². The predicted molar refractivity (Wildman–Crippen MR) is 328 cm³/mol. The van der Waals surface area contributed by atoms with Gasteiger partial charge in [0.05, 0.1) is 22.6 Å². The molecule has 3 aliphatic heterocycles. The van der Waals surface area contributed by atoms with Crippen molar-refractivity contribution in [3.63, 3.8) is 0 Å². The summed E-state index contributed by atoms with van der Waals surface area (Å²) in [7, 11) is 0. The average molecular weight is 1010 g/mol. The minimum atomic E-state index is -0.153. The monoisotopic (exact) mass is 1010 g/mol. The first kappa shape index (κ1) is 49.1. The van der Waals surface area contributed by atoms with Gasteiger partial charge >= 0.3 is 0 Å². The predicted octanol–water partition coefficient (Wildman–Crippen LogP) is 18.0. The fourth-order valence-electron chi connectivity index (χ4n) is 16.7. The third-order valence-electron chi connectivity index (χ3n) is 21.5. The summed E-state index contributed by atoms with van der Waals surface area (Å²) in [5.41, 5.74) is 26.4. The molecule has 1 aromatic heterocycles. The first-order chi connectivity index (χ1) is 36.5. The Labute approximate surface area is 460 Å². The standard InChI is InChI=1S/C73H79BN2O/c1-67(2,3)48-29-32-58(52(39-48)46-26-18-15-19-27-46)75-60-44-51(76-59-31-28-47(45-24-16-14-17-25-45)38-55(59)71(11)35-22-23-37-73(71,76)13)43-54-63-62-56(70(10)34-20-21-36-72(63,70)12)41-50(69(7,8)9)42-57(62)74(64(54)60)66-65(75)53-40-49(68(4,5)6)30-33-61(53)77-66/h14-19,24-33,38-44,63H,20-23,34-37H2,1-13H3. The molecule has 2 saturated carbocycles. The third-order valence-corrected chi connectivity index (χ3v) is 21.5. The van der Waals surface area contributed by atoms with Crippen molar-refractivity contribution in [2.45, 2.75) is 180 Å². The van der Waals surface area contributed by atoms with E-state index in [1.54, 1.807) is 11.1 Å². The Bertz CT molecular complexity index is 3750. The van der Waals surface area contributed by atoms with Gasteiger partial charge in [-0.1, -0.05) is 205 Å². The number of benzene rings is 7. The molecule has 3 nitrogen and oxygen atoms in total. The molecule has 8 aromatic rings. The van der Waals surface area contributed by atoms with Crippen LogP contribution in [-0.2, 0) is 27.1 Å². The molecule has 0 bridgehead atoms. The Balaban J connectivity index is 1.15. The van der Waals surface area contributed by atoms with Gasteiger partial charge in [0.25, 0.3) is 6.71 Å². The Morgan fingerprint density at radius 2 is 1.14 bits per heavy atom. The van der Waals surface area contributed by atoms with Gasteiger partial charge in [0.1, 0.15) is 5.58 Å². The maximum atomic E-state index is 7.70. The molecule has 0 amide bonds. The first-order valence-corrected chi connectivity index (χ1v) is 29.5. The molecule has 2 fully saturated rings. The van der Waals surface area contributed by atoms with E-state index in [-0.39, 0.29) is 50.7 Å². The van der Waals surface area contributed by atoms with Crippen LogP contribution < -0.4 is 26.4 Å². The molecule has 0 radical (unpaired) electrons.